The molecule has 0 bridgehead atoms. The summed E-state index contributed by atoms with van der Waals surface area (Å²) in [7, 11) is 0. The number of nitrogens with two attached hydrogens (primary N) is 1. The SMILES string of the molecule is C=CC(=O)N1CCN(c2c(C#N)c(=O)n(-c3c(C)ccnc3C(C)C)c3nc(-c4c(N)c(Cl)c(F)c(F)c4F)c(Cl)cc23)CC1. The van der Waals surface area contributed by atoms with Gasteiger partial charge >= 0.3 is 0 Å². The minimum atomic E-state index is -1.88. The number of nitrogens with zero attached hydrogens (tertiary/aromatic N) is 6. The summed E-state index contributed by atoms with van der Waals surface area (Å²) in [6.07, 6.45) is 2.79. The predicted molar refractivity (Wildman–Crippen MR) is 167 cm³/mol. The maximum Gasteiger partial charge on any atom is 0.276 e. The quantitative estimate of drug-likeness (QED) is 0.123. The molecule has 0 saturated carbocycles. The van der Waals surface area contributed by atoms with Crippen molar-refractivity contribution in [2.45, 2.75) is 26.7 Å². The Morgan fingerprint density at radius 2 is 1.80 bits per heavy atom. The molecule has 1 aliphatic heterocycles. The van der Waals surface area contributed by atoms with Gasteiger partial charge < -0.3 is 15.5 Å². The molecular weight excluding hydrogens is 630 g/mol. The molecule has 14 heteroatoms. The molecule has 0 aliphatic carbocycles. The van der Waals surface area contributed by atoms with Gasteiger partial charge in [-0.05, 0) is 36.6 Å². The lowest BCUT2D eigenvalue weighted by Crippen LogP contribution is -2.49. The summed E-state index contributed by atoms with van der Waals surface area (Å²) in [4.78, 5) is 38.9. The molecule has 1 amide bonds. The van der Waals surface area contributed by atoms with Gasteiger partial charge in [-0.3, -0.25) is 19.1 Å². The largest absolute Gasteiger partial charge is 0.397 e. The number of benzene rings is 1. The lowest BCUT2D eigenvalue weighted by Gasteiger charge is -2.36. The first-order valence-electron chi connectivity index (χ1n) is 13.8. The number of hydrogen-bond acceptors (Lipinski definition) is 7. The van der Waals surface area contributed by atoms with Gasteiger partial charge in [-0.1, -0.05) is 43.6 Å². The highest BCUT2D eigenvalue weighted by atomic mass is 35.5. The van der Waals surface area contributed by atoms with Gasteiger partial charge in [0.05, 0.1) is 39.0 Å². The van der Waals surface area contributed by atoms with Crippen LogP contribution in [0.4, 0.5) is 24.5 Å². The zero-order chi connectivity index (χ0) is 32.9. The van der Waals surface area contributed by atoms with Crippen molar-refractivity contribution in [1.29, 1.82) is 5.26 Å². The van der Waals surface area contributed by atoms with Gasteiger partial charge in [-0.2, -0.15) is 5.26 Å². The molecule has 0 unspecified atom stereocenters. The van der Waals surface area contributed by atoms with Crippen LogP contribution in [0, 0.1) is 35.7 Å². The summed E-state index contributed by atoms with van der Waals surface area (Å²) in [6.45, 7) is 10.1. The Hall–Kier alpha value is -4.60. The van der Waals surface area contributed by atoms with Gasteiger partial charge in [0, 0.05) is 37.8 Å². The number of aryl methyl sites for hydroxylation is 1. The van der Waals surface area contributed by atoms with Crippen molar-refractivity contribution in [1.82, 2.24) is 19.4 Å². The summed E-state index contributed by atoms with van der Waals surface area (Å²) in [5.41, 5.74) is 4.82. The number of amides is 1. The Bertz CT molecular complexity index is 1990. The Balaban J connectivity index is 1.93. The number of nitriles is 1. The number of nitrogen functional groups attached to an aromatic ring is 1. The van der Waals surface area contributed by atoms with Crippen molar-refractivity contribution >= 4 is 51.5 Å². The molecule has 232 valence electrons. The molecule has 0 spiro atoms. The number of hydrogen-bond donors (Lipinski definition) is 1. The van der Waals surface area contributed by atoms with E-state index in [9.17, 15) is 23.6 Å². The van der Waals surface area contributed by atoms with Crippen LogP contribution in [0.3, 0.4) is 0 Å². The number of aromatic nitrogens is 3. The molecule has 0 radical (unpaired) electrons. The second-order valence-electron chi connectivity index (χ2n) is 10.7. The molecule has 4 heterocycles. The second kappa shape index (κ2) is 12.1. The third-order valence-corrected chi connectivity index (χ3v) is 8.39. The fraction of sp³-hybridized carbons (Fsp3) is 0.258. The normalized spacial score (nSPS) is 13.4. The third-order valence-electron chi connectivity index (χ3n) is 7.74. The van der Waals surface area contributed by atoms with Crippen LogP contribution < -0.4 is 16.2 Å². The Morgan fingerprint density at radius 3 is 2.40 bits per heavy atom. The smallest absolute Gasteiger partial charge is 0.276 e. The van der Waals surface area contributed by atoms with Crippen LogP contribution in [0.15, 0.2) is 35.8 Å². The Labute approximate surface area is 265 Å². The van der Waals surface area contributed by atoms with Gasteiger partial charge in [0.2, 0.25) is 5.91 Å². The van der Waals surface area contributed by atoms with Crippen LogP contribution in [0.1, 0.15) is 36.6 Å². The maximum atomic E-state index is 15.3. The van der Waals surface area contributed by atoms with E-state index in [-0.39, 0.29) is 65.3 Å². The summed E-state index contributed by atoms with van der Waals surface area (Å²) in [6, 6.07) is 5.07. The molecular formula is C31H26Cl2F3N7O2. The highest BCUT2D eigenvalue weighted by molar-refractivity contribution is 6.36. The lowest BCUT2D eigenvalue weighted by molar-refractivity contribution is -0.126. The third kappa shape index (κ3) is 5.15. The number of carbonyl (C=O) groups excluding carboxylic acids is 1. The first-order valence-corrected chi connectivity index (χ1v) is 14.5. The molecule has 4 aromatic rings. The van der Waals surface area contributed by atoms with E-state index in [0.29, 0.717) is 16.9 Å². The molecule has 45 heavy (non-hydrogen) atoms. The zero-order valence-corrected chi connectivity index (χ0v) is 25.9. The maximum absolute atomic E-state index is 15.3. The Morgan fingerprint density at radius 1 is 1.13 bits per heavy atom. The van der Waals surface area contributed by atoms with Crippen molar-refractivity contribution < 1.29 is 18.0 Å². The van der Waals surface area contributed by atoms with Crippen molar-refractivity contribution in [3.05, 3.63) is 85.7 Å². The average molecular weight is 656 g/mol. The van der Waals surface area contributed by atoms with Crippen molar-refractivity contribution in [2.75, 3.05) is 36.8 Å². The summed E-state index contributed by atoms with van der Waals surface area (Å²) in [5.74, 6) is -5.67. The van der Waals surface area contributed by atoms with E-state index in [1.165, 1.54) is 16.7 Å². The fourth-order valence-electron chi connectivity index (χ4n) is 5.52. The van der Waals surface area contributed by atoms with E-state index in [1.807, 2.05) is 19.9 Å². The molecule has 1 aromatic carbocycles. The van der Waals surface area contributed by atoms with E-state index in [4.69, 9.17) is 28.9 Å². The standard InChI is InChI=1S/C31H26Cl2F3N7O2/c1-5-19(44)41-8-10-42(11-9-41)29-16-12-18(32)27(20-22(34)24(36)23(35)21(33)25(20)38)40-30(16)43(31(45)17(29)13-37)28-15(4)6-7-39-26(28)14(2)3/h5-7,12,14H,1,8-11,38H2,2-4H3. The van der Waals surface area contributed by atoms with E-state index in [2.05, 4.69) is 16.5 Å². The minimum absolute atomic E-state index is 0.0735. The van der Waals surface area contributed by atoms with Gasteiger partial charge in [-0.25, -0.2) is 18.2 Å². The van der Waals surface area contributed by atoms with Crippen LogP contribution in [-0.4, -0.2) is 51.5 Å². The van der Waals surface area contributed by atoms with Crippen molar-refractivity contribution in [2.24, 2.45) is 0 Å². The van der Waals surface area contributed by atoms with Crippen molar-refractivity contribution in [3.8, 4) is 23.0 Å². The lowest BCUT2D eigenvalue weighted by atomic mass is 10.0. The second-order valence-corrected chi connectivity index (χ2v) is 11.5. The number of pyridine rings is 3. The van der Waals surface area contributed by atoms with Gasteiger partial charge in [0.1, 0.15) is 22.3 Å². The van der Waals surface area contributed by atoms with Crippen LogP contribution in [0.5, 0.6) is 0 Å². The van der Waals surface area contributed by atoms with Crippen LogP contribution >= 0.6 is 23.2 Å². The van der Waals surface area contributed by atoms with Crippen LogP contribution in [0.2, 0.25) is 10.0 Å². The highest BCUT2D eigenvalue weighted by Crippen LogP contribution is 2.42. The monoisotopic (exact) mass is 655 g/mol. The van der Waals surface area contributed by atoms with E-state index in [1.54, 1.807) is 29.0 Å². The number of anilines is 2. The number of piperazine rings is 1. The van der Waals surface area contributed by atoms with Crippen molar-refractivity contribution in [3.63, 3.8) is 0 Å². The van der Waals surface area contributed by atoms with Gasteiger partial charge in [-0.15, -0.1) is 0 Å². The van der Waals surface area contributed by atoms with E-state index in [0.717, 1.165) is 0 Å². The Kier molecular flexibility index (Phi) is 8.53. The fourth-order valence-corrected chi connectivity index (χ4v) is 5.95. The first kappa shape index (κ1) is 31.8. The zero-order valence-electron chi connectivity index (χ0n) is 24.4. The average Bonchev–Trinajstić information content (AvgIpc) is 3.02. The minimum Gasteiger partial charge on any atom is -0.397 e. The first-order chi connectivity index (χ1) is 21.3. The predicted octanol–water partition coefficient (Wildman–Crippen LogP) is 5.89. The summed E-state index contributed by atoms with van der Waals surface area (Å²) >= 11 is 12.6. The number of rotatable bonds is 5. The molecule has 1 aliphatic rings. The van der Waals surface area contributed by atoms with Crippen LogP contribution in [-0.2, 0) is 4.79 Å². The number of halogens is 5. The molecule has 1 saturated heterocycles. The van der Waals surface area contributed by atoms with Gasteiger partial charge in [0.15, 0.2) is 17.5 Å². The summed E-state index contributed by atoms with van der Waals surface area (Å²) in [5, 5.41) is 9.48. The molecule has 2 N–H and O–H groups in total. The van der Waals surface area contributed by atoms with E-state index >= 15 is 4.39 Å². The highest BCUT2D eigenvalue weighted by Gasteiger charge is 2.31. The summed E-state index contributed by atoms with van der Waals surface area (Å²) < 4.78 is 45.3. The van der Waals surface area contributed by atoms with Crippen LogP contribution in [0.25, 0.3) is 28.0 Å². The molecule has 0 atom stereocenters. The van der Waals surface area contributed by atoms with E-state index < -0.39 is 45.0 Å². The molecule has 5 rings (SSSR count). The number of fused-ring (bicyclic) bond motifs is 1. The number of carbonyl (C=O) groups is 1. The topological polar surface area (TPSA) is 121 Å². The van der Waals surface area contributed by atoms with Gasteiger partial charge in [0.25, 0.3) is 5.56 Å². The molecule has 9 nitrogen and oxygen atoms in total. The molecule has 3 aromatic heterocycles. The molecule has 1 fully saturated rings.